The SMILES string of the molecule is C[C@H](c1ccccc1)N(C)C(=O)C1NN(c2ccc(Cl)cc2Cl)C2=C1CNC/C2=C\c1ccc(F)cc1. The molecule has 3 aromatic rings. The highest BCUT2D eigenvalue weighted by molar-refractivity contribution is 6.36. The molecule has 5 nitrogen and oxygen atoms in total. The van der Waals surface area contributed by atoms with Crippen molar-refractivity contribution < 1.29 is 9.18 Å². The summed E-state index contributed by atoms with van der Waals surface area (Å²) in [6.45, 7) is 3.13. The minimum absolute atomic E-state index is 0.0544. The molecule has 2 atom stereocenters. The molecule has 2 heterocycles. The molecule has 190 valence electrons. The summed E-state index contributed by atoms with van der Waals surface area (Å²) in [5.74, 6) is -0.344. The first kappa shape index (κ1) is 25.5. The zero-order valence-corrected chi connectivity index (χ0v) is 22.0. The normalized spacial score (nSPS) is 19.2. The van der Waals surface area contributed by atoms with Gasteiger partial charge in [-0.1, -0.05) is 65.7 Å². The lowest BCUT2D eigenvalue weighted by Gasteiger charge is -2.29. The number of benzene rings is 3. The van der Waals surface area contributed by atoms with E-state index in [9.17, 15) is 9.18 Å². The van der Waals surface area contributed by atoms with E-state index in [0.717, 1.165) is 28.0 Å². The highest BCUT2D eigenvalue weighted by Crippen LogP contribution is 2.39. The summed E-state index contributed by atoms with van der Waals surface area (Å²) in [7, 11) is 1.82. The number of nitrogens with one attached hydrogen (secondary N) is 2. The van der Waals surface area contributed by atoms with Crippen LogP contribution >= 0.6 is 23.2 Å². The van der Waals surface area contributed by atoms with Crippen LogP contribution in [-0.2, 0) is 4.79 Å². The third-order valence-electron chi connectivity index (χ3n) is 6.89. The number of hydrazine groups is 1. The Morgan fingerprint density at radius 2 is 1.81 bits per heavy atom. The molecular formula is C29H27Cl2FN4O. The van der Waals surface area contributed by atoms with Crippen molar-refractivity contribution in [2.75, 3.05) is 25.1 Å². The molecule has 1 unspecified atom stereocenters. The molecule has 37 heavy (non-hydrogen) atoms. The van der Waals surface area contributed by atoms with E-state index >= 15 is 0 Å². The van der Waals surface area contributed by atoms with Crippen LogP contribution < -0.4 is 15.8 Å². The van der Waals surface area contributed by atoms with E-state index in [1.54, 1.807) is 29.2 Å². The van der Waals surface area contributed by atoms with Gasteiger partial charge in [0.2, 0.25) is 5.91 Å². The maximum Gasteiger partial charge on any atom is 0.246 e. The van der Waals surface area contributed by atoms with Gasteiger partial charge in [-0.2, -0.15) is 0 Å². The summed E-state index contributed by atoms with van der Waals surface area (Å²) < 4.78 is 13.5. The Hall–Kier alpha value is -3.16. The number of amides is 1. The number of hydrogen-bond acceptors (Lipinski definition) is 4. The summed E-state index contributed by atoms with van der Waals surface area (Å²) in [5, 5.41) is 6.30. The molecule has 0 aromatic heterocycles. The summed E-state index contributed by atoms with van der Waals surface area (Å²) >= 11 is 12.8. The van der Waals surface area contributed by atoms with Crippen molar-refractivity contribution in [1.29, 1.82) is 0 Å². The average molecular weight is 537 g/mol. The molecule has 3 aromatic carbocycles. The maximum absolute atomic E-state index is 13.9. The van der Waals surface area contributed by atoms with Gasteiger partial charge < -0.3 is 10.2 Å². The molecule has 5 rings (SSSR count). The lowest BCUT2D eigenvalue weighted by Crippen LogP contribution is -2.48. The minimum atomic E-state index is -0.595. The topological polar surface area (TPSA) is 47.6 Å². The van der Waals surface area contributed by atoms with Crippen molar-refractivity contribution in [3.8, 4) is 0 Å². The second-order valence-corrected chi connectivity index (χ2v) is 10.1. The standard InChI is InChI=1S/C29H27Cl2FN4O/c1-18(20-6-4-3-5-7-20)35(2)29(37)27-24-17-33-16-21(14-19-8-11-23(32)12-9-19)28(24)36(34-27)26-13-10-22(30)15-25(26)31/h3-15,18,27,33-34H,16-17H2,1-2H3/b21-14+/t18-,27?/m1/s1. The molecule has 0 saturated heterocycles. The molecule has 0 radical (unpaired) electrons. The van der Waals surface area contributed by atoms with Gasteiger partial charge in [0, 0.05) is 25.2 Å². The molecule has 0 saturated carbocycles. The Balaban J connectivity index is 1.56. The Bertz CT molecular complexity index is 1370. The maximum atomic E-state index is 13.9. The van der Waals surface area contributed by atoms with Crippen LogP contribution in [0.5, 0.6) is 0 Å². The van der Waals surface area contributed by atoms with Crippen LogP contribution in [0.4, 0.5) is 10.1 Å². The molecular weight excluding hydrogens is 510 g/mol. The Morgan fingerprint density at radius 1 is 1.08 bits per heavy atom. The lowest BCUT2D eigenvalue weighted by atomic mass is 9.95. The van der Waals surface area contributed by atoms with Gasteiger partial charge in [-0.3, -0.25) is 9.80 Å². The van der Waals surface area contributed by atoms with Gasteiger partial charge in [-0.15, -0.1) is 0 Å². The molecule has 2 aliphatic rings. The van der Waals surface area contributed by atoms with Crippen LogP contribution in [0.15, 0.2) is 89.6 Å². The van der Waals surface area contributed by atoms with Crippen LogP contribution in [0, 0.1) is 5.82 Å². The lowest BCUT2D eigenvalue weighted by molar-refractivity contribution is -0.133. The Labute approximate surface area is 226 Å². The highest BCUT2D eigenvalue weighted by Gasteiger charge is 2.41. The molecule has 2 aliphatic heterocycles. The van der Waals surface area contributed by atoms with Gasteiger partial charge in [-0.05, 0) is 65.6 Å². The van der Waals surface area contributed by atoms with Crippen molar-refractivity contribution in [3.63, 3.8) is 0 Å². The van der Waals surface area contributed by atoms with Crippen LogP contribution in [0.2, 0.25) is 10.0 Å². The van der Waals surface area contributed by atoms with E-state index in [4.69, 9.17) is 23.2 Å². The molecule has 2 N–H and O–H groups in total. The highest BCUT2D eigenvalue weighted by atomic mass is 35.5. The Kier molecular flexibility index (Phi) is 7.36. The molecule has 0 aliphatic carbocycles. The van der Waals surface area contributed by atoms with Gasteiger partial charge in [0.25, 0.3) is 0 Å². The fourth-order valence-electron chi connectivity index (χ4n) is 4.79. The number of halogens is 3. The predicted molar refractivity (Wildman–Crippen MR) is 148 cm³/mol. The second kappa shape index (κ2) is 10.7. The van der Waals surface area contributed by atoms with E-state index in [1.807, 2.05) is 61.5 Å². The third-order valence-corrected chi connectivity index (χ3v) is 7.43. The fraction of sp³-hybridized carbons (Fsp3) is 0.207. The van der Waals surface area contributed by atoms with Crippen molar-refractivity contribution >= 4 is 40.9 Å². The van der Waals surface area contributed by atoms with E-state index in [1.165, 1.54) is 12.1 Å². The second-order valence-electron chi connectivity index (χ2n) is 9.23. The first-order chi connectivity index (χ1) is 17.8. The summed E-state index contributed by atoms with van der Waals surface area (Å²) in [4.78, 5) is 15.7. The number of carbonyl (C=O) groups is 1. The number of hydrogen-bond donors (Lipinski definition) is 2. The van der Waals surface area contributed by atoms with Crippen LogP contribution in [0.3, 0.4) is 0 Å². The number of likely N-dealkylation sites (N-methyl/N-ethyl adjacent to an activating group) is 1. The van der Waals surface area contributed by atoms with Crippen LogP contribution in [-0.4, -0.2) is 37.0 Å². The van der Waals surface area contributed by atoms with E-state index in [-0.39, 0.29) is 17.8 Å². The first-order valence-electron chi connectivity index (χ1n) is 12.1. The van der Waals surface area contributed by atoms with Gasteiger partial charge in [0.15, 0.2) is 0 Å². The molecule has 1 amide bonds. The summed E-state index contributed by atoms with van der Waals surface area (Å²) in [6, 6.07) is 20.9. The number of anilines is 1. The monoisotopic (exact) mass is 536 g/mol. The van der Waals surface area contributed by atoms with Gasteiger partial charge in [-0.25, -0.2) is 9.82 Å². The van der Waals surface area contributed by atoms with Gasteiger partial charge in [0.05, 0.1) is 22.4 Å². The summed E-state index contributed by atoms with van der Waals surface area (Å²) in [5.41, 5.74) is 8.79. The van der Waals surface area contributed by atoms with Crippen molar-refractivity contribution in [3.05, 3.63) is 117 Å². The Morgan fingerprint density at radius 3 is 2.51 bits per heavy atom. The molecule has 0 fully saturated rings. The number of rotatable bonds is 5. The van der Waals surface area contributed by atoms with E-state index in [2.05, 4.69) is 10.7 Å². The third kappa shape index (κ3) is 5.15. The van der Waals surface area contributed by atoms with Gasteiger partial charge in [0.1, 0.15) is 11.9 Å². The van der Waals surface area contributed by atoms with E-state index in [0.29, 0.717) is 28.8 Å². The molecule has 0 bridgehead atoms. The number of carbonyl (C=O) groups excluding carboxylic acids is 1. The van der Waals surface area contributed by atoms with Crippen molar-refractivity contribution in [2.45, 2.75) is 19.0 Å². The fourth-order valence-corrected chi connectivity index (χ4v) is 5.28. The quantitative estimate of drug-likeness (QED) is 0.420. The van der Waals surface area contributed by atoms with Crippen molar-refractivity contribution in [2.24, 2.45) is 0 Å². The zero-order valence-electron chi connectivity index (χ0n) is 20.5. The minimum Gasteiger partial charge on any atom is -0.337 e. The number of nitrogens with zero attached hydrogens (tertiary/aromatic N) is 2. The zero-order chi connectivity index (χ0) is 26.1. The molecule has 0 spiro atoms. The average Bonchev–Trinajstić information content (AvgIpc) is 3.29. The largest absolute Gasteiger partial charge is 0.337 e. The van der Waals surface area contributed by atoms with Gasteiger partial charge >= 0.3 is 0 Å². The smallest absolute Gasteiger partial charge is 0.246 e. The molecule has 8 heteroatoms. The van der Waals surface area contributed by atoms with Crippen molar-refractivity contribution in [1.82, 2.24) is 15.6 Å². The summed E-state index contributed by atoms with van der Waals surface area (Å²) in [6.07, 6.45) is 2.00. The van der Waals surface area contributed by atoms with Crippen LogP contribution in [0.1, 0.15) is 24.1 Å². The van der Waals surface area contributed by atoms with Crippen LogP contribution in [0.25, 0.3) is 6.08 Å². The first-order valence-corrected chi connectivity index (χ1v) is 12.8. The van der Waals surface area contributed by atoms with E-state index < -0.39 is 6.04 Å². The predicted octanol–water partition coefficient (Wildman–Crippen LogP) is 5.99.